The third kappa shape index (κ3) is 4.97. The Morgan fingerprint density at radius 1 is 1.29 bits per heavy atom. The summed E-state index contributed by atoms with van der Waals surface area (Å²) >= 11 is 0. The lowest BCUT2D eigenvalue weighted by atomic mass is 9.98. The predicted molar refractivity (Wildman–Crippen MR) is 98.6 cm³/mol. The molecule has 1 saturated carbocycles. The van der Waals surface area contributed by atoms with Gasteiger partial charge in [0, 0.05) is 18.6 Å². The predicted octanol–water partition coefficient (Wildman–Crippen LogP) is 3.48. The summed E-state index contributed by atoms with van der Waals surface area (Å²) in [5.74, 6) is 1.18. The quantitative estimate of drug-likeness (QED) is 0.792. The van der Waals surface area contributed by atoms with Crippen LogP contribution in [0, 0.1) is 6.92 Å². The number of nitrogens with zero attached hydrogens (tertiary/aromatic N) is 1. The highest BCUT2D eigenvalue weighted by Crippen LogP contribution is 2.27. The van der Waals surface area contributed by atoms with Crippen molar-refractivity contribution in [2.75, 3.05) is 13.6 Å². The molecule has 0 heterocycles. The minimum atomic E-state index is -0.493. The maximum atomic E-state index is 12.3. The fourth-order valence-electron chi connectivity index (χ4n) is 3.00. The van der Waals surface area contributed by atoms with Crippen LogP contribution in [0.3, 0.4) is 0 Å². The van der Waals surface area contributed by atoms with Crippen LogP contribution in [0.1, 0.15) is 57.6 Å². The van der Waals surface area contributed by atoms with Crippen LogP contribution in [0.4, 0.5) is 0 Å². The fraction of sp³-hybridized carbons (Fsp3) is 0.650. The topological polar surface area (TPSA) is 41.6 Å². The number of amides is 1. The van der Waals surface area contributed by atoms with Crippen molar-refractivity contribution in [3.63, 3.8) is 0 Å². The summed E-state index contributed by atoms with van der Waals surface area (Å²) in [5.41, 5.74) is 2.52. The molecular formula is C20H32N2O2. The molecule has 1 amide bonds. The lowest BCUT2D eigenvalue weighted by Gasteiger charge is -2.25. The summed E-state index contributed by atoms with van der Waals surface area (Å²) in [4.78, 5) is 14.6. The highest BCUT2D eigenvalue weighted by molar-refractivity contribution is 5.80. The van der Waals surface area contributed by atoms with Crippen molar-refractivity contribution in [3.05, 3.63) is 29.3 Å². The van der Waals surface area contributed by atoms with Gasteiger partial charge in [0.1, 0.15) is 5.75 Å². The normalized spacial score (nSPS) is 17.0. The summed E-state index contributed by atoms with van der Waals surface area (Å²) in [5, 5.41) is 3.00. The lowest BCUT2D eigenvalue weighted by Crippen LogP contribution is -2.44. The Kier molecular flexibility index (Phi) is 6.27. The Morgan fingerprint density at radius 3 is 2.50 bits per heavy atom. The van der Waals surface area contributed by atoms with Gasteiger partial charge in [0.15, 0.2) is 6.10 Å². The van der Waals surface area contributed by atoms with Crippen LogP contribution in [-0.4, -0.2) is 42.6 Å². The van der Waals surface area contributed by atoms with Crippen molar-refractivity contribution in [2.45, 2.75) is 71.6 Å². The molecule has 4 heteroatoms. The summed E-state index contributed by atoms with van der Waals surface area (Å²) < 4.78 is 5.82. The van der Waals surface area contributed by atoms with Crippen LogP contribution in [-0.2, 0) is 4.79 Å². The number of hydrogen-bond donors (Lipinski definition) is 1. The van der Waals surface area contributed by atoms with Gasteiger partial charge in [-0.25, -0.2) is 0 Å². The van der Waals surface area contributed by atoms with Gasteiger partial charge in [-0.2, -0.15) is 0 Å². The van der Waals surface area contributed by atoms with Gasteiger partial charge in [0.25, 0.3) is 5.91 Å². The van der Waals surface area contributed by atoms with Crippen LogP contribution in [0.5, 0.6) is 5.75 Å². The van der Waals surface area contributed by atoms with Crippen LogP contribution in [0.15, 0.2) is 18.2 Å². The molecule has 1 aromatic rings. The first kappa shape index (κ1) is 18.8. The summed E-state index contributed by atoms with van der Waals surface area (Å²) in [6, 6.07) is 7.11. The molecule has 1 aromatic carbocycles. The van der Waals surface area contributed by atoms with E-state index in [1.165, 1.54) is 24.0 Å². The van der Waals surface area contributed by atoms with Gasteiger partial charge >= 0.3 is 0 Å². The van der Waals surface area contributed by atoms with E-state index in [4.69, 9.17) is 4.74 Å². The van der Waals surface area contributed by atoms with E-state index >= 15 is 0 Å². The second-order valence-electron chi connectivity index (χ2n) is 7.42. The van der Waals surface area contributed by atoms with Crippen molar-refractivity contribution in [2.24, 2.45) is 0 Å². The van der Waals surface area contributed by atoms with E-state index in [0.717, 1.165) is 5.75 Å². The van der Waals surface area contributed by atoms with Gasteiger partial charge in [-0.1, -0.05) is 19.9 Å². The maximum absolute atomic E-state index is 12.3. The SMILES string of the molecule is Cc1cc(OC(C)C(=O)NCC(C)N(C)C2CC2)ccc1C(C)C. The Balaban J connectivity index is 1.83. The van der Waals surface area contributed by atoms with Crippen molar-refractivity contribution in [1.82, 2.24) is 10.2 Å². The molecule has 1 aliphatic rings. The molecule has 1 aliphatic carbocycles. The average Bonchev–Trinajstić information content (AvgIpc) is 3.35. The van der Waals surface area contributed by atoms with Crippen molar-refractivity contribution < 1.29 is 9.53 Å². The van der Waals surface area contributed by atoms with E-state index in [0.29, 0.717) is 24.5 Å². The Hall–Kier alpha value is -1.55. The average molecular weight is 332 g/mol. The molecular weight excluding hydrogens is 300 g/mol. The summed E-state index contributed by atoms with van der Waals surface area (Å²) in [6.45, 7) is 11.1. The van der Waals surface area contributed by atoms with E-state index in [1.807, 2.05) is 12.1 Å². The molecule has 2 rings (SSSR count). The Morgan fingerprint density at radius 2 is 1.96 bits per heavy atom. The lowest BCUT2D eigenvalue weighted by molar-refractivity contribution is -0.127. The highest BCUT2D eigenvalue weighted by Gasteiger charge is 2.29. The van der Waals surface area contributed by atoms with Gasteiger partial charge in [-0.3, -0.25) is 9.69 Å². The smallest absolute Gasteiger partial charge is 0.260 e. The van der Waals surface area contributed by atoms with Crippen molar-refractivity contribution >= 4 is 5.91 Å². The van der Waals surface area contributed by atoms with E-state index in [9.17, 15) is 4.79 Å². The van der Waals surface area contributed by atoms with Crippen molar-refractivity contribution in [1.29, 1.82) is 0 Å². The van der Waals surface area contributed by atoms with Crippen LogP contribution in [0.2, 0.25) is 0 Å². The van der Waals surface area contributed by atoms with Gasteiger partial charge in [-0.15, -0.1) is 0 Å². The zero-order valence-corrected chi connectivity index (χ0v) is 15.9. The second kappa shape index (κ2) is 8.02. The first-order valence-electron chi connectivity index (χ1n) is 9.06. The minimum absolute atomic E-state index is 0.0587. The first-order chi connectivity index (χ1) is 11.3. The van der Waals surface area contributed by atoms with Gasteiger partial charge < -0.3 is 10.1 Å². The maximum Gasteiger partial charge on any atom is 0.260 e. The molecule has 2 atom stereocenters. The molecule has 0 spiro atoms. The number of nitrogens with one attached hydrogen (secondary N) is 1. The standard InChI is InChI=1S/C20H32N2O2/c1-13(2)19-10-9-18(11-14(19)3)24-16(5)20(23)21-12-15(4)22(6)17-7-8-17/h9-11,13,15-17H,7-8,12H2,1-6H3,(H,21,23). The molecule has 1 N–H and O–H groups in total. The summed E-state index contributed by atoms with van der Waals surface area (Å²) in [6.07, 6.45) is 2.06. The number of benzene rings is 1. The largest absolute Gasteiger partial charge is 0.481 e. The monoisotopic (exact) mass is 332 g/mol. The van der Waals surface area contributed by atoms with E-state index < -0.39 is 6.10 Å². The molecule has 0 saturated heterocycles. The molecule has 0 bridgehead atoms. The van der Waals surface area contributed by atoms with E-state index in [2.05, 4.69) is 51.0 Å². The molecule has 24 heavy (non-hydrogen) atoms. The molecule has 1 fully saturated rings. The zero-order chi connectivity index (χ0) is 17.9. The number of rotatable bonds is 8. The molecule has 4 nitrogen and oxygen atoms in total. The summed E-state index contributed by atoms with van der Waals surface area (Å²) in [7, 11) is 2.13. The number of carbonyl (C=O) groups excluding carboxylic acids is 1. The van der Waals surface area contributed by atoms with Gasteiger partial charge in [0.2, 0.25) is 0 Å². The number of aryl methyl sites for hydroxylation is 1. The van der Waals surface area contributed by atoms with Crippen LogP contribution < -0.4 is 10.1 Å². The number of carbonyl (C=O) groups is 1. The fourth-order valence-corrected chi connectivity index (χ4v) is 3.00. The molecule has 0 radical (unpaired) electrons. The first-order valence-corrected chi connectivity index (χ1v) is 9.06. The molecule has 134 valence electrons. The third-order valence-corrected chi connectivity index (χ3v) is 4.94. The van der Waals surface area contributed by atoms with Crippen molar-refractivity contribution in [3.8, 4) is 5.75 Å². The van der Waals surface area contributed by atoms with E-state index in [1.54, 1.807) is 6.92 Å². The minimum Gasteiger partial charge on any atom is -0.481 e. The highest BCUT2D eigenvalue weighted by atomic mass is 16.5. The molecule has 0 aliphatic heterocycles. The molecule has 0 aromatic heterocycles. The second-order valence-corrected chi connectivity index (χ2v) is 7.42. The number of hydrogen-bond acceptors (Lipinski definition) is 3. The molecule has 2 unspecified atom stereocenters. The number of likely N-dealkylation sites (N-methyl/N-ethyl adjacent to an activating group) is 1. The third-order valence-electron chi connectivity index (χ3n) is 4.94. The van der Waals surface area contributed by atoms with Gasteiger partial charge in [0.05, 0.1) is 0 Å². The number of ether oxygens (including phenoxy) is 1. The van der Waals surface area contributed by atoms with Crippen LogP contribution >= 0.6 is 0 Å². The van der Waals surface area contributed by atoms with Crippen LogP contribution in [0.25, 0.3) is 0 Å². The zero-order valence-electron chi connectivity index (χ0n) is 15.9. The Labute approximate surface area is 146 Å². The van der Waals surface area contributed by atoms with Gasteiger partial charge in [-0.05, 0) is 69.8 Å². The van der Waals surface area contributed by atoms with E-state index in [-0.39, 0.29) is 5.91 Å². The Bertz CT molecular complexity index is 567.